The highest BCUT2D eigenvalue weighted by molar-refractivity contribution is 7.18. The quantitative estimate of drug-likeness (QED) is 0.618. The van der Waals surface area contributed by atoms with Crippen LogP contribution < -0.4 is 0 Å². The molecule has 0 aliphatic rings. The van der Waals surface area contributed by atoms with Crippen molar-refractivity contribution in [1.29, 1.82) is 0 Å². The highest BCUT2D eigenvalue weighted by atomic mass is 32.1. The van der Waals surface area contributed by atoms with Crippen molar-refractivity contribution < 1.29 is 9.85 Å². The number of para-hydroxylation sites is 1. The molecule has 1 aromatic carbocycles. The van der Waals surface area contributed by atoms with Gasteiger partial charge >= 0.3 is 5.00 Å². The third kappa shape index (κ3) is 2.13. The van der Waals surface area contributed by atoms with Gasteiger partial charge in [0.15, 0.2) is 0 Å². The van der Waals surface area contributed by atoms with Crippen LogP contribution >= 0.6 is 11.3 Å². The fraction of sp³-hybridized carbons (Fsp3) is 0. The van der Waals surface area contributed by atoms with Crippen molar-refractivity contribution in [3.63, 3.8) is 0 Å². The number of hydrogen-bond donors (Lipinski definition) is 0. The zero-order valence-electron chi connectivity index (χ0n) is 8.40. The second kappa shape index (κ2) is 4.30. The number of nitro benzene ring substituents is 1. The van der Waals surface area contributed by atoms with Gasteiger partial charge < -0.3 is 0 Å². The highest BCUT2D eigenvalue weighted by Crippen LogP contribution is 2.37. The zero-order valence-corrected chi connectivity index (χ0v) is 9.22. The van der Waals surface area contributed by atoms with E-state index in [1.807, 2.05) is 0 Å². The first-order valence-corrected chi connectivity index (χ1v) is 5.39. The third-order valence-corrected chi connectivity index (χ3v) is 3.21. The number of thiophene rings is 1. The maximum Gasteiger partial charge on any atom is 0.324 e. The van der Waals surface area contributed by atoms with Gasteiger partial charge in [0.05, 0.1) is 15.4 Å². The van der Waals surface area contributed by atoms with Gasteiger partial charge in [-0.25, -0.2) is 0 Å². The maximum atomic E-state index is 10.8. The molecule has 1 heterocycles. The lowest BCUT2D eigenvalue weighted by Crippen LogP contribution is -1.89. The summed E-state index contributed by atoms with van der Waals surface area (Å²) in [5.74, 6) is 0. The lowest BCUT2D eigenvalue weighted by Gasteiger charge is -1.98. The summed E-state index contributed by atoms with van der Waals surface area (Å²) in [6, 6.07) is 9.04. The fourth-order valence-electron chi connectivity index (χ4n) is 1.41. The summed E-state index contributed by atoms with van der Waals surface area (Å²) in [6.07, 6.45) is 0. The molecule has 7 heteroatoms. The Hall–Kier alpha value is -2.28. The van der Waals surface area contributed by atoms with Crippen molar-refractivity contribution in [2.45, 2.75) is 0 Å². The summed E-state index contributed by atoms with van der Waals surface area (Å²) >= 11 is 0.922. The molecule has 2 aromatic rings. The van der Waals surface area contributed by atoms with Crippen LogP contribution in [0.1, 0.15) is 0 Å². The number of hydrogen-bond acceptors (Lipinski definition) is 5. The fourth-order valence-corrected chi connectivity index (χ4v) is 2.27. The van der Waals surface area contributed by atoms with Gasteiger partial charge in [-0.2, -0.15) is 0 Å². The number of rotatable bonds is 3. The lowest BCUT2D eigenvalue weighted by atomic mass is 10.1. The molecule has 0 amide bonds. The van der Waals surface area contributed by atoms with E-state index in [2.05, 4.69) is 0 Å². The van der Waals surface area contributed by atoms with Crippen molar-refractivity contribution in [1.82, 2.24) is 0 Å². The Kier molecular flexibility index (Phi) is 2.84. The molecule has 0 saturated carbocycles. The van der Waals surface area contributed by atoms with E-state index >= 15 is 0 Å². The normalized spacial score (nSPS) is 10.1. The van der Waals surface area contributed by atoms with Crippen LogP contribution in [0.25, 0.3) is 10.4 Å². The van der Waals surface area contributed by atoms with E-state index in [0.717, 1.165) is 11.3 Å². The van der Waals surface area contributed by atoms with Crippen molar-refractivity contribution in [2.75, 3.05) is 0 Å². The summed E-state index contributed by atoms with van der Waals surface area (Å²) in [6.45, 7) is 0. The Balaban J connectivity index is 2.52. The predicted octanol–water partition coefficient (Wildman–Crippen LogP) is 3.23. The van der Waals surface area contributed by atoms with E-state index in [9.17, 15) is 20.2 Å². The molecule has 0 spiro atoms. The van der Waals surface area contributed by atoms with E-state index in [0.29, 0.717) is 10.4 Å². The second-order valence-electron chi connectivity index (χ2n) is 3.17. The third-order valence-electron chi connectivity index (χ3n) is 2.14. The summed E-state index contributed by atoms with van der Waals surface area (Å²) in [5, 5.41) is 21.3. The molecule has 2 rings (SSSR count). The molecule has 0 atom stereocenters. The Morgan fingerprint density at radius 2 is 1.65 bits per heavy atom. The van der Waals surface area contributed by atoms with Crippen molar-refractivity contribution in [3.8, 4) is 10.4 Å². The molecule has 0 radical (unpaired) electrons. The van der Waals surface area contributed by atoms with Crippen molar-refractivity contribution in [3.05, 3.63) is 56.6 Å². The van der Waals surface area contributed by atoms with Crippen LogP contribution in [0.3, 0.4) is 0 Å². The summed E-state index contributed by atoms with van der Waals surface area (Å²) in [4.78, 5) is 20.9. The Morgan fingerprint density at radius 1 is 0.941 bits per heavy atom. The van der Waals surface area contributed by atoms with Crippen LogP contribution in [0, 0.1) is 20.2 Å². The first-order valence-electron chi connectivity index (χ1n) is 4.57. The van der Waals surface area contributed by atoms with E-state index < -0.39 is 9.85 Å². The number of nitro groups is 2. The summed E-state index contributed by atoms with van der Waals surface area (Å²) in [7, 11) is 0. The van der Waals surface area contributed by atoms with E-state index in [1.54, 1.807) is 18.2 Å². The maximum absolute atomic E-state index is 10.8. The monoisotopic (exact) mass is 250 g/mol. The minimum Gasteiger partial charge on any atom is -0.258 e. The zero-order chi connectivity index (χ0) is 12.4. The number of benzene rings is 1. The summed E-state index contributed by atoms with van der Waals surface area (Å²) in [5.41, 5.74) is 0.347. The van der Waals surface area contributed by atoms with Crippen LogP contribution in [0.4, 0.5) is 10.7 Å². The van der Waals surface area contributed by atoms with Gasteiger partial charge in [-0.1, -0.05) is 23.5 Å². The standard InChI is InChI=1S/C10H6N2O4S/c13-11(14)8-4-2-1-3-7(8)9-5-6-10(17-9)12(15)16/h1-6H. The SMILES string of the molecule is O=[N+]([O-])c1ccc(-c2ccccc2[N+](=O)[O-])s1. The van der Waals surface area contributed by atoms with Gasteiger partial charge in [-0.15, -0.1) is 0 Å². The van der Waals surface area contributed by atoms with Crippen LogP contribution in [0.2, 0.25) is 0 Å². The van der Waals surface area contributed by atoms with Crippen molar-refractivity contribution in [2.24, 2.45) is 0 Å². The van der Waals surface area contributed by atoms with Crippen molar-refractivity contribution >= 4 is 22.0 Å². The van der Waals surface area contributed by atoms with Crippen LogP contribution in [-0.4, -0.2) is 9.85 Å². The molecule has 0 saturated heterocycles. The minimum atomic E-state index is -0.511. The lowest BCUT2D eigenvalue weighted by molar-refractivity contribution is -0.384. The van der Waals surface area contributed by atoms with Gasteiger partial charge in [-0.05, 0) is 12.1 Å². The Bertz CT molecular complexity index is 593. The molecule has 0 aliphatic carbocycles. The molecule has 0 fully saturated rings. The average Bonchev–Trinajstić information content (AvgIpc) is 2.78. The first-order chi connectivity index (χ1) is 8.09. The highest BCUT2D eigenvalue weighted by Gasteiger charge is 2.18. The topological polar surface area (TPSA) is 86.3 Å². The average molecular weight is 250 g/mol. The van der Waals surface area contributed by atoms with Gasteiger partial charge in [0.2, 0.25) is 0 Å². The van der Waals surface area contributed by atoms with Crippen LogP contribution in [0.15, 0.2) is 36.4 Å². The van der Waals surface area contributed by atoms with E-state index in [4.69, 9.17) is 0 Å². The Labute approximate surface area is 99.4 Å². The predicted molar refractivity (Wildman–Crippen MR) is 63.1 cm³/mol. The van der Waals surface area contributed by atoms with Gasteiger partial charge in [0, 0.05) is 17.0 Å². The van der Waals surface area contributed by atoms with Crippen LogP contribution in [0.5, 0.6) is 0 Å². The number of nitrogens with zero attached hydrogens (tertiary/aromatic N) is 2. The molecule has 0 unspecified atom stereocenters. The summed E-state index contributed by atoms with van der Waals surface area (Å²) < 4.78 is 0. The molecular formula is C10H6N2O4S. The molecule has 0 N–H and O–H groups in total. The molecular weight excluding hydrogens is 244 g/mol. The first kappa shape index (κ1) is 11.2. The molecule has 17 heavy (non-hydrogen) atoms. The Morgan fingerprint density at radius 3 is 2.24 bits per heavy atom. The van der Waals surface area contributed by atoms with Crippen LogP contribution in [-0.2, 0) is 0 Å². The van der Waals surface area contributed by atoms with Gasteiger partial charge in [0.25, 0.3) is 5.69 Å². The second-order valence-corrected chi connectivity index (χ2v) is 4.23. The van der Waals surface area contributed by atoms with E-state index in [1.165, 1.54) is 18.2 Å². The van der Waals surface area contributed by atoms with Gasteiger partial charge in [-0.3, -0.25) is 20.2 Å². The van der Waals surface area contributed by atoms with Gasteiger partial charge in [0.1, 0.15) is 0 Å². The molecule has 0 aliphatic heterocycles. The smallest absolute Gasteiger partial charge is 0.258 e. The largest absolute Gasteiger partial charge is 0.324 e. The molecule has 86 valence electrons. The van der Waals surface area contributed by atoms with E-state index in [-0.39, 0.29) is 10.7 Å². The molecule has 0 bridgehead atoms. The molecule has 6 nitrogen and oxygen atoms in total. The minimum absolute atomic E-state index is 0.0295. The molecule has 1 aromatic heterocycles.